The largest absolute Gasteiger partial charge is 0.481 e. The van der Waals surface area contributed by atoms with Crippen molar-refractivity contribution in [3.63, 3.8) is 0 Å². The number of rotatable bonds is 9. The van der Waals surface area contributed by atoms with Gasteiger partial charge in [0.1, 0.15) is 0 Å². The Morgan fingerprint density at radius 1 is 1.28 bits per heavy atom. The highest BCUT2D eigenvalue weighted by Gasteiger charge is 2.19. The first kappa shape index (κ1) is 21.9. The van der Waals surface area contributed by atoms with Crippen LogP contribution in [0.25, 0.3) is 0 Å². The Morgan fingerprint density at radius 2 is 2.03 bits per heavy atom. The van der Waals surface area contributed by atoms with Gasteiger partial charge < -0.3 is 15.7 Å². The fourth-order valence-electron chi connectivity index (χ4n) is 3.42. The third kappa shape index (κ3) is 6.32. The average molecular weight is 393 g/mol. The zero-order valence-corrected chi connectivity index (χ0v) is 16.8. The Bertz CT molecular complexity index is 874. The van der Waals surface area contributed by atoms with Crippen molar-refractivity contribution in [2.45, 2.75) is 51.5 Å². The van der Waals surface area contributed by atoms with E-state index in [9.17, 15) is 4.79 Å². The third-order valence-corrected chi connectivity index (χ3v) is 4.70. The minimum Gasteiger partial charge on any atom is -0.481 e. The number of carbonyl (C=O) groups is 1. The maximum atomic E-state index is 10.8. The van der Waals surface area contributed by atoms with Gasteiger partial charge in [0, 0.05) is 36.5 Å². The molecule has 0 saturated heterocycles. The molecule has 152 valence electrons. The van der Waals surface area contributed by atoms with Gasteiger partial charge >= 0.3 is 5.97 Å². The van der Waals surface area contributed by atoms with Crippen molar-refractivity contribution in [1.29, 1.82) is 5.26 Å². The number of aliphatic imine (C=N–C) groups is 1. The van der Waals surface area contributed by atoms with Crippen molar-refractivity contribution < 1.29 is 9.90 Å². The summed E-state index contributed by atoms with van der Waals surface area (Å²) >= 11 is 0. The van der Waals surface area contributed by atoms with Gasteiger partial charge in [0.25, 0.3) is 0 Å². The van der Waals surface area contributed by atoms with Gasteiger partial charge in [0.15, 0.2) is 0 Å². The molecule has 0 amide bonds. The van der Waals surface area contributed by atoms with Crippen LogP contribution in [0.3, 0.4) is 0 Å². The standard InChI is InChI=1S/C22H27N5O2/c1-16(2)27(22(24)26-15-23)19-9-5-7-17(13-19)20(10-3-4-11-21(28)29)18-8-6-12-25-14-18/h5-9,12-14,16,20H,3-4,10-11H2,1-2H3,(H2,24,26)(H,28,29). The van der Waals surface area contributed by atoms with E-state index in [1.54, 1.807) is 12.4 Å². The van der Waals surface area contributed by atoms with Gasteiger partial charge in [-0.05, 0) is 56.0 Å². The molecule has 1 aromatic heterocycles. The van der Waals surface area contributed by atoms with Crippen LogP contribution < -0.4 is 10.6 Å². The molecule has 1 atom stereocenters. The molecule has 7 heteroatoms. The minimum atomic E-state index is -0.773. The number of hydrogen-bond acceptors (Lipinski definition) is 4. The number of nitrogens with zero attached hydrogens (tertiary/aromatic N) is 4. The Balaban J connectivity index is 2.36. The smallest absolute Gasteiger partial charge is 0.303 e. The fourth-order valence-corrected chi connectivity index (χ4v) is 3.42. The first-order valence-corrected chi connectivity index (χ1v) is 9.67. The molecule has 3 N–H and O–H groups in total. The minimum absolute atomic E-state index is 0.0229. The van der Waals surface area contributed by atoms with Crippen LogP contribution in [0.4, 0.5) is 5.69 Å². The van der Waals surface area contributed by atoms with Crippen LogP contribution in [-0.4, -0.2) is 28.1 Å². The third-order valence-electron chi connectivity index (χ3n) is 4.70. The molecule has 0 aliphatic rings. The monoisotopic (exact) mass is 393 g/mol. The highest BCUT2D eigenvalue weighted by atomic mass is 16.4. The molecule has 7 nitrogen and oxygen atoms in total. The number of carboxylic acids is 1. The lowest BCUT2D eigenvalue weighted by atomic mass is 9.87. The van der Waals surface area contributed by atoms with Gasteiger partial charge in [-0.25, -0.2) is 0 Å². The van der Waals surface area contributed by atoms with Crippen molar-refractivity contribution >= 4 is 17.6 Å². The van der Waals surface area contributed by atoms with Crippen molar-refractivity contribution in [2.75, 3.05) is 4.90 Å². The molecule has 1 heterocycles. The summed E-state index contributed by atoms with van der Waals surface area (Å²) in [5.41, 5.74) is 9.03. The Hall–Kier alpha value is -3.40. The normalized spacial score (nSPS) is 12.4. The topological polar surface area (TPSA) is 116 Å². The summed E-state index contributed by atoms with van der Waals surface area (Å²) in [5.74, 6) is -0.538. The summed E-state index contributed by atoms with van der Waals surface area (Å²) in [5, 5.41) is 17.8. The maximum Gasteiger partial charge on any atom is 0.303 e. The van der Waals surface area contributed by atoms with E-state index in [2.05, 4.69) is 22.1 Å². The number of nitriles is 1. The Labute approximate surface area is 171 Å². The lowest BCUT2D eigenvalue weighted by Crippen LogP contribution is -2.42. The number of benzene rings is 1. The predicted octanol–water partition coefficient (Wildman–Crippen LogP) is 3.87. The molecule has 2 aromatic rings. The summed E-state index contributed by atoms with van der Waals surface area (Å²) in [6.07, 6.45) is 7.73. The van der Waals surface area contributed by atoms with E-state index in [0.29, 0.717) is 6.42 Å². The van der Waals surface area contributed by atoms with Crippen LogP contribution in [0, 0.1) is 11.5 Å². The molecular weight excluding hydrogens is 366 g/mol. The molecule has 0 spiro atoms. The van der Waals surface area contributed by atoms with Gasteiger partial charge in [-0.15, -0.1) is 4.99 Å². The van der Waals surface area contributed by atoms with Crippen LogP contribution in [0.5, 0.6) is 0 Å². The second kappa shape index (κ2) is 10.8. The predicted molar refractivity (Wildman–Crippen MR) is 113 cm³/mol. The summed E-state index contributed by atoms with van der Waals surface area (Å²) in [6, 6.07) is 12.0. The fraction of sp³-hybridized carbons (Fsp3) is 0.364. The number of guanidine groups is 1. The number of aliphatic carboxylic acids is 1. The SMILES string of the molecule is CC(C)N(C(N)=NC#N)c1cccc(C(CCCCC(=O)O)c2cccnc2)c1. The lowest BCUT2D eigenvalue weighted by molar-refractivity contribution is -0.137. The maximum absolute atomic E-state index is 10.8. The van der Waals surface area contributed by atoms with Gasteiger partial charge in [-0.1, -0.05) is 24.6 Å². The van der Waals surface area contributed by atoms with Crippen LogP contribution in [0.2, 0.25) is 0 Å². The van der Waals surface area contributed by atoms with Crippen LogP contribution in [0.1, 0.15) is 56.6 Å². The Kier molecular flexibility index (Phi) is 8.16. The zero-order chi connectivity index (χ0) is 21.2. The number of carboxylic acid groups (broad SMARTS) is 1. The van der Waals surface area contributed by atoms with E-state index in [1.807, 2.05) is 49.2 Å². The lowest BCUT2D eigenvalue weighted by Gasteiger charge is -2.28. The number of nitrogens with two attached hydrogens (primary N) is 1. The first-order valence-electron chi connectivity index (χ1n) is 9.67. The zero-order valence-electron chi connectivity index (χ0n) is 16.8. The molecule has 0 bridgehead atoms. The second-order valence-corrected chi connectivity index (χ2v) is 7.11. The highest BCUT2D eigenvalue weighted by molar-refractivity contribution is 5.95. The van der Waals surface area contributed by atoms with E-state index in [4.69, 9.17) is 16.1 Å². The molecule has 29 heavy (non-hydrogen) atoms. The first-order chi connectivity index (χ1) is 13.9. The van der Waals surface area contributed by atoms with Gasteiger partial charge in [0.05, 0.1) is 0 Å². The summed E-state index contributed by atoms with van der Waals surface area (Å²) in [4.78, 5) is 20.6. The second-order valence-electron chi connectivity index (χ2n) is 7.11. The van der Waals surface area contributed by atoms with Crippen LogP contribution >= 0.6 is 0 Å². The average Bonchev–Trinajstić information content (AvgIpc) is 2.69. The number of unbranched alkanes of at least 4 members (excludes halogenated alkanes) is 1. The molecule has 0 saturated carbocycles. The van der Waals surface area contributed by atoms with E-state index in [0.717, 1.165) is 29.7 Å². The van der Waals surface area contributed by atoms with E-state index >= 15 is 0 Å². The highest BCUT2D eigenvalue weighted by Crippen LogP contribution is 2.32. The molecule has 0 radical (unpaired) electrons. The summed E-state index contributed by atoms with van der Waals surface area (Å²) in [6.45, 7) is 3.97. The molecule has 0 aliphatic carbocycles. The molecular formula is C22H27N5O2. The van der Waals surface area contributed by atoms with Gasteiger partial charge in [-0.3, -0.25) is 9.78 Å². The number of anilines is 1. The molecule has 0 aliphatic heterocycles. The quantitative estimate of drug-likeness (QED) is 0.289. The van der Waals surface area contributed by atoms with Crippen molar-refractivity contribution in [1.82, 2.24) is 4.98 Å². The van der Waals surface area contributed by atoms with E-state index in [-0.39, 0.29) is 24.3 Å². The van der Waals surface area contributed by atoms with Crippen LogP contribution in [0.15, 0.2) is 53.8 Å². The number of pyridine rings is 1. The van der Waals surface area contributed by atoms with Gasteiger partial charge in [-0.2, -0.15) is 5.26 Å². The summed E-state index contributed by atoms with van der Waals surface area (Å²) < 4.78 is 0. The Morgan fingerprint density at radius 3 is 2.66 bits per heavy atom. The van der Waals surface area contributed by atoms with E-state index in [1.165, 1.54) is 0 Å². The number of aromatic nitrogens is 1. The number of hydrogen-bond donors (Lipinski definition) is 2. The molecule has 0 fully saturated rings. The summed E-state index contributed by atoms with van der Waals surface area (Å²) in [7, 11) is 0. The van der Waals surface area contributed by atoms with Crippen molar-refractivity contribution in [3.8, 4) is 6.19 Å². The van der Waals surface area contributed by atoms with Crippen LogP contribution in [-0.2, 0) is 4.79 Å². The molecule has 1 aromatic carbocycles. The molecule has 2 rings (SSSR count). The van der Waals surface area contributed by atoms with Crippen molar-refractivity contribution in [3.05, 3.63) is 59.9 Å². The van der Waals surface area contributed by atoms with Gasteiger partial charge in [0.2, 0.25) is 12.2 Å². The molecule has 1 unspecified atom stereocenters. The van der Waals surface area contributed by atoms with Crippen molar-refractivity contribution in [2.24, 2.45) is 10.7 Å². The van der Waals surface area contributed by atoms with E-state index < -0.39 is 5.97 Å².